The lowest BCUT2D eigenvalue weighted by Gasteiger charge is -2.11. The van der Waals surface area contributed by atoms with Crippen LogP contribution in [0.1, 0.15) is 35.7 Å². The van der Waals surface area contributed by atoms with Gasteiger partial charge in [0.1, 0.15) is 17.2 Å². The molecule has 0 saturated heterocycles. The summed E-state index contributed by atoms with van der Waals surface area (Å²) < 4.78 is 27.3. The number of nitrogens with zero attached hydrogens (tertiary/aromatic N) is 3. The second-order valence-corrected chi connectivity index (χ2v) is 5.96. The van der Waals surface area contributed by atoms with E-state index in [4.69, 9.17) is 0 Å². The number of hydrogen-bond acceptors (Lipinski definition) is 4. The number of aromatic nitrogens is 3. The summed E-state index contributed by atoms with van der Waals surface area (Å²) in [5.41, 5.74) is 1.84. The van der Waals surface area contributed by atoms with Crippen molar-refractivity contribution >= 4 is 11.7 Å². The molecule has 0 fully saturated rings. The van der Waals surface area contributed by atoms with Crippen molar-refractivity contribution in [3.63, 3.8) is 0 Å². The number of carbonyl (C=O) groups is 1. The number of hydrogen-bond donors (Lipinski definition) is 1. The summed E-state index contributed by atoms with van der Waals surface area (Å²) in [6.07, 6.45) is 6.23. The van der Waals surface area contributed by atoms with Crippen LogP contribution in [0.3, 0.4) is 0 Å². The SMILES string of the molecule is CC(C)c1ccncc1-c1cnc(NC(=O)c2c(F)cccc2F)cn1. The molecule has 132 valence electrons. The molecule has 0 spiro atoms. The first-order chi connectivity index (χ1) is 12.5. The molecule has 0 bridgehead atoms. The molecule has 2 aromatic heterocycles. The van der Waals surface area contributed by atoms with E-state index in [2.05, 4.69) is 34.1 Å². The summed E-state index contributed by atoms with van der Waals surface area (Å²) in [7, 11) is 0. The number of carbonyl (C=O) groups excluding carboxylic acids is 1. The Morgan fingerprint density at radius 1 is 1.04 bits per heavy atom. The third-order valence-electron chi connectivity index (χ3n) is 3.84. The monoisotopic (exact) mass is 354 g/mol. The molecule has 1 amide bonds. The van der Waals surface area contributed by atoms with Crippen LogP contribution >= 0.6 is 0 Å². The summed E-state index contributed by atoms with van der Waals surface area (Å²) in [5, 5.41) is 2.35. The van der Waals surface area contributed by atoms with Crippen molar-refractivity contribution in [3.05, 3.63) is 71.8 Å². The number of anilines is 1. The second-order valence-electron chi connectivity index (χ2n) is 5.96. The maximum atomic E-state index is 13.7. The van der Waals surface area contributed by atoms with E-state index < -0.39 is 23.1 Å². The number of amides is 1. The van der Waals surface area contributed by atoms with Gasteiger partial charge in [0.25, 0.3) is 5.91 Å². The standard InChI is InChI=1S/C19H16F2N4O/c1-11(2)12-6-7-22-8-13(12)16-9-24-17(10-23-16)25-19(26)18-14(20)4-3-5-15(18)21/h3-11H,1-2H3,(H,24,25,26). The molecular weight excluding hydrogens is 338 g/mol. The molecular formula is C19H16F2N4O. The largest absolute Gasteiger partial charge is 0.305 e. The van der Waals surface area contributed by atoms with E-state index in [0.29, 0.717) is 5.69 Å². The van der Waals surface area contributed by atoms with Crippen LogP contribution in [-0.2, 0) is 0 Å². The van der Waals surface area contributed by atoms with Crippen LogP contribution in [0.4, 0.5) is 14.6 Å². The molecule has 0 aliphatic rings. The van der Waals surface area contributed by atoms with Crippen molar-refractivity contribution < 1.29 is 13.6 Å². The lowest BCUT2D eigenvalue weighted by atomic mass is 9.98. The molecule has 26 heavy (non-hydrogen) atoms. The zero-order valence-electron chi connectivity index (χ0n) is 14.2. The van der Waals surface area contributed by atoms with Gasteiger partial charge in [-0.05, 0) is 29.7 Å². The van der Waals surface area contributed by atoms with Gasteiger partial charge >= 0.3 is 0 Å². The summed E-state index contributed by atoms with van der Waals surface area (Å²) in [6, 6.07) is 5.14. The highest BCUT2D eigenvalue weighted by Gasteiger charge is 2.18. The Labute approximate surface area is 149 Å². The average molecular weight is 354 g/mol. The number of rotatable bonds is 4. The van der Waals surface area contributed by atoms with Gasteiger partial charge in [0.15, 0.2) is 5.82 Å². The molecule has 0 aliphatic heterocycles. The Morgan fingerprint density at radius 2 is 1.77 bits per heavy atom. The van der Waals surface area contributed by atoms with Crippen molar-refractivity contribution in [2.24, 2.45) is 0 Å². The number of benzene rings is 1. The molecule has 3 rings (SSSR count). The summed E-state index contributed by atoms with van der Waals surface area (Å²) >= 11 is 0. The maximum absolute atomic E-state index is 13.7. The molecule has 1 N–H and O–H groups in total. The van der Waals surface area contributed by atoms with Crippen molar-refractivity contribution in [2.75, 3.05) is 5.32 Å². The van der Waals surface area contributed by atoms with Crippen LogP contribution in [0.25, 0.3) is 11.3 Å². The fourth-order valence-corrected chi connectivity index (χ4v) is 2.55. The minimum absolute atomic E-state index is 0.0939. The van der Waals surface area contributed by atoms with E-state index in [1.54, 1.807) is 12.4 Å². The van der Waals surface area contributed by atoms with Crippen molar-refractivity contribution in [1.29, 1.82) is 0 Å². The second kappa shape index (κ2) is 7.35. The van der Waals surface area contributed by atoms with E-state index in [1.165, 1.54) is 18.5 Å². The quantitative estimate of drug-likeness (QED) is 0.763. The number of pyridine rings is 1. The number of nitrogens with one attached hydrogen (secondary N) is 1. The lowest BCUT2D eigenvalue weighted by molar-refractivity contribution is 0.101. The third-order valence-corrected chi connectivity index (χ3v) is 3.84. The first kappa shape index (κ1) is 17.6. The van der Waals surface area contributed by atoms with Gasteiger partial charge in [-0.25, -0.2) is 13.8 Å². The van der Waals surface area contributed by atoms with E-state index in [0.717, 1.165) is 23.3 Å². The van der Waals surface area contributed by atoms with Crippen LogP contribution in [0.15, 0.2) is 49.1 Å². The van der Waals surface area contributed by atoms with Crippen molar-refractivity contribution in [3.8, 4) is 11.3 Å². The van der Waals surface area contributed by atoms with Gasteiger partial charge < -0.3 is 5.32 Å². The lowest BCUT2D eigenvalue weighted by Crippen LogP contribution is -2.16. The molecule has 7 heteroatoms. The zero-order chi connectivity index (χ0) is 18.7. The summed E-state index contributed by atoms with van der Waals surface area (Å²) in [5.74, 6) is -2.44. The van der Waals surface area contributed by atoms with Gasteiger partial charge in [-0.15, -0.1) is 0 Å². The Hall–Kier alpha value is -3.22. The molecule has 0 saturated carbocycles. The molecule has 0 unspecified atom stereocenters. The zero-order valence-corrected chi connectivity index (χ0v) is 14.2. The van der Waals surface area contributed by atoms with Crippen LogP contribution in [-0.4, -0.2) is 20.9 Å². The minimum atomic E-state index is -0.941. The Morgan fingerprint density at radius 3 is 2.38 bits per heavy atom. The van der Waals surface area contributed by atoms with Gasteiger partial charge in [-0.1, -0.05) is 19.9 Å². The van der Waals surface area contributed by atoms with Crippen molar-refractivity contribution in [2.45, 2.75) is 19.8 Å². The van der Waals surface area contributed by atoms with Crippen molar-refractivity contribution in [1.82, 2.24) is 15.0 Å². The van der Waals surface area contributed by atoms with E-state index in [1.807, 2.05) is 6.07 Å². The highest BCUT2D eigenvalue weighted by molar-refractivity contribution is 6.04. The van der Waals surface area contributed by atoms with E-state index in [-0.39, 0.29) is 11.7 Å². The highest BCUT2D eigenvalue weighted by atomic mass is 19.1. The Balaban J connectivity index is 1.84. The van der Waals surface area contributed by atoms with Crippen LogP contribution in [0.2, 0.25) is 0 Å². The summed E-state index contributed by atoms with van der Waals surface area (Å²) in [6.45, 7) is 4.12. The summed E-state index contributed by atoms with van der Waals surface area (Å²) in [4.78, 5) is 24.6. The molecule has 3 aromatic rings. The molecule has 2 heterocycles. The number of halogens is 2. The van der Waals surface area contributed by atoms with Crippen LogP contribution < -0.4 is 5.32 Å². The van der Waals surface area contributed by atoms with Gasteiger partial charge in [-0.2, -0.15) is 0 Å². The first-order valence-electron chi connectivity index (χ1n) is 7.99. The maximum Gasteiger partial charge on any atom is 0.262 e. The molecule has 0 atom stereocenters. The normalized spacial score (nSPS) is 10.8. The topological polar surface area (TPSA) is 67.8 Å². The third kappa shape index (κ3) is 3.56. The van der Waals surface area contributed by atoms with Gasteiger partial charge in [0.2, 0.25) is 0 Å². The fourth-order valence-electron chi connectivity index (χ4n) is 2.55. The molecule has 5 nitrogen and oxygen atoms in total. The molecule has 0 radical (unpaired) electrons. The van der Waals surface area contributed by atoms with Crippen LogP contribution in [0.5, 0.6) is 0 Å². The molecule has 0 aliphatic carbocycles. The predicted molar refractivity (Wildman–Crippen MR) is 93.7 cm³/mol. The fraction of sp³-hybridized carbons (Fsp3) is 0.158. The first-order valence-corrected chi connectivity index (χ1v) is 7.99. The van der Waals surface area contributed by atoms with Gasteiger partial charge in [0, 0.05) is 18.0 Å². The Bertz CT molecular complexity index is 922. The van der Waals surface area contributed by atoms with E-state index in [9.17, 15) is 13.6 Å². The predicted octanol–water partition coefficient (Wildman–Crippen LogP) is 4.19. The van der Waals surface area contributed by atoms with E-state index >= 15 is 0 Å². The van der Waals surface area contributed by atoms with Gasteiger partial charge in [-0.3, -0.25) is 14.8 Å². The van der Waals surface area contributed by atoms with Crippen LogP contribution in [0, 0.1) is 11.6 Å². The Kier molecular flexibility index (Phi) is 4.97. The average Bonchev–Trinajstić information content (AvgIpc) is 2.62. The smallest absolute Gasteiger partial charge is 0.262 e. The highest BCUT2D eigenvalue weighted by Crippen LogP contribution is 2.26. The minimum Gasteiger partial charge on any atom is -0.305 e. The molecule has 1 aromatic carbocycles. The van der Waals surface area contributed by atoms with Gasteiger partial charge in [0.05, 0.1) is 18.1 Å².